The first-order valence-electron chi connectivity index (χ1n) is 7.75. The van der Waals surface area contributed by atoms with Gasteiger partial charge in [0.25, 0.3) is 0 Å². The van der Waals surface area contributed by atoms with Crippen molar-refractivity contribution in [2.75, 3.05) is 13.7 Å². The lowest BCUT2D eigenvalue weighted by atomic mass is 9.83. The van der Waals surface area contributed by atoms with Crippen LogP contribution in [0.4, 0.5) is 0 Å². The Morgan fingerprint density at radius 2 is 2.14 bits per heavy atom. The van der Waals surface area contributed by atoms with Gasteiger partial charge < -0.3 is 14.7 Å². The van der Waals surface area contributed by atoms with E-state index in [4.69, 9.17) is 4.74 Å². The van der Waals surface area contributed by atoms with E-state index in [2.05, 4.69) is 6.92 Å². The van der Waals surface area contributed by atoms with E-state index in [9.17, 15) is 14.7 Å². The number of methoxy groups -OCH3 is 1. The first-order chi connectivity index (χ1) is 10.6. The molecule has 1 aliphatic heterocycles. The standard InChI is InChI=1S/C17H23NO4/c1-3-4-11-18-15(19)10-9-13(17(20)21)16(18)12-7-5-6-8-14(12)22-2/h5-8,13,16H,3-4,9-11H2,1-2H3,(H,20,21). The Bertz CT molecular complexity index is 543. The average Bonchev–Trinajstić information content (AvgIpc) is 2.53. The number of piperidine rings is 1. The summed E-state index contributed by atoms with van der Waals surface area (Å²) in [6.45, 7) is 2.64. The number of nitrogens with zero attached hydrogens (tertiary/aromatic N) is 1. The van der Waals surface area contributed by atoms with Crippen LogP contribution in [0.25, 0.3) is 0 Å². The number of unbranched alkanes of at least 4 members (excludes halogenated alkanes) is 1. The Morgan fingerprint density at radius 1 is 1.41 bits per heavy atom. The van der Waals surface area contributed by atoms with Crippen molar-refractivity contribution < 1.29 is 19.4 Å². The van der Waals surface area contributed by atoms with Crippen LogP contribution in [0, 0.1) is 5.92 Å². The Morgan fingerprint density at radius 3 is 2.77 bits per heavy atom. The number of amides is 1. The number of para-hydroxylation sites is 1. The summed E-state index contributed by atoms with van der Waals surface area (Å²) in [4.78, 5) is 25.8. The Kier molecular flexibility index (Phi) is 5.41. The normalized spacial score (nSPS) is 21.7. The number of carboxylic acids is 1. The molecule has 5 nitrogen and oxygen atoms in total. The van der Waals surface area contributed by atoms with Gasteiger partial charge >= 0.3 is 5.97 Å². The minimum Gasteiger partial charge on any atom is -0.496 e. The molecule has 0 radical (unpaired) electrons. The number of ether oxygens (including phenoxy) is 1. The number of hydrogen-bond acceptors (Lipinski definition) is 3. The Hall–Kier alpha value is -2.04. The highest BCUT2D eigenvalue weighted by Crippen LogP contribution is 2.40. The Labute approximate surface area is 130 Å². The van der Waals surface area contributed by atoms with Crippen molar-refractivity contribution in [2.24, 2.45) is 5.92 Å². The fraction of sp³-hybridized carbons (Fsp3) is 0.529. The van der Waals surface area contributed by atoms with Gasteiger partial charge in [-0.3, -0.25) is 9.59 Å². The molecule has 0 bridgehead atoms. The van der Waals surface area contributed by atoms with Crippen LogP contribution in [-0.4, -0.2) is 35.5 Å². The van der Waals surface area contributed by atoms with Gasteiger partial charge in [-0.2, -0.15) is 0 Å². The van der Waals surface area contributed by atoms with Gasteiger partial charge in [-0.15, -0.1) is 0 Å². The lowest BCUT2D eigenvalue weighted by Gasteiger charge is -2.40. The molecule has 1 fully saturated rings. The van der Waals surface area contributed by atoms with Crippen molar-refractivity contribution in [2.45, 2.75) is 38.6 Å². The molecule has 2 rings (SSSR count). The molecule has 0 spiro atoms. The maximum Gasteiger partial charge on any atom is 0.308 e. The van der Waals surface area contributed by atoms with Crippen LogP contribution in [0.3, 0.4) is 0 Å². The maximum atomic E-state index is 12.3. The summed E-state index contributed by atoms with van der Waals surface area (Å²) in [5, 5.41) is 9.58. The largest absolute Gasteiger partial charge is 0.496 e. The van der Waals surface area contributed by atoms with Gasteiger partial charge in [-0.05, 0) is 18.9 Å². The number of likely N-dealkylation sites (tertiary alicyclic amines) is 1. The monoisotopic (exact) mass is 305 g/mol. The lowest BCUT2D eigenvalue weighted by molar-refractivity contribution is -0.152. The molecule has 0 saturated carbocycles. The molecule has 1 N–H and O–H groups in total. The van der Waals surface area contributed by atoms with E-state index in [1.165, 1.54) is 0 Å². The number of benzene rings is 1. The fourth-order valence-electron chi connectivity index (χ4n) is 3.10. The number of rotatable bonds is 6. The minimum absolute atomic E-state index is 0.0295. The van der Waals surface area contributed by atoms with Gasteiger partial charge in [0.1, 0.15) is 5.75 Å². The third kappa shape index (κ3) is 3.24. The molecular weight excluding hydrogens is 282 g/mol. The summed E-state index contributed by atoms with van der Waals surface area (Å²) in [5.41, 5.74) is 0.779. The summed E-state index contributed by atoms with van der Waals surface area (Å²) in [7, 11) is 1.57. The molecule has 5 heteroatoms. The molecule has 2 unspecified atom stereocenters. The highest BCUT2D eigenvalue weighted by molar-refractivity contribution is 5.82. The molecule has 1 amide bonds. The number of aliphatic carboxylic acids is 1. The Balaban J connectivity index is 2.44. The molecule has 1 saturated heterocycles. The number of hydrogen-bond donors (Lipinski definition) is 1. The molecule has 2 atom stereocenters. The highest BCUT2D eigenvalue weighted by Gasteiger charge is 2.41. The second-order valence-corrected chi connectivity index (χ2v) is 5.61. The molecule has 0 aromatic heterocycles. The number of carbonyl (C=O) groups is 2. The lowest BCUT2D eigenvalue weighted by Crippen LogP contribution is -2.45. The summed E-state index contributed by atoms with van der Waals surface area (Å²) in [6, 6.07) is 6.91. The van der Waals surface area contributed by atoms with Crippen LogP contribution >= 0.6 is 0 Å². The van der Waals surface area contributed by atoms with Crippen LogP contribution in [0.1, 0.15) is 44.2 Å². The SMILES string of the molecule is CCCCN1C(=O)CCC(C(=O)O)C1c1ccccc1OC. The van der Waals surface area contributed by atoms with Crippen molar-refractivity contribution in [1.29, 1.82) is 0 Å². The van der Waals surface area contributed by atoms with Crippen molar-refractivity contribution >= 4 is 11.9 Å². The van der Waals surface area contributed by atoms with Gasteiger partial charge in [0, 0.05) is 18.5 Å². The van der Waals surface area contributed by atoms with Gasteiger partial charge in [0.05, 0.1) is 19.1 Å². The molecular formula is C17H23NO4. The van der Waals surface area contributed by atoms with E-state index in [0.29, 0.717) is 25.1 Å². The van der Waals surface area contributed by atoms with E-state index in [-0.39, 0.29) is 5.91 Å². The highest BCUT2D eigenvalue weighted by atomic mass is 16.5. The van der Waals surface area contributed by atoms with E-state index >= 15 is 0 Å². The third-order valence-electron chi connectivity index (χ3n) is 4.23. The first kappa shape index (κ1) is 16.3. The molecule has 120 valence electrons. The fourth-order valence-corrected chi connectivity index (χ4v) is 3.10. The molecule has 1 aromatic carbocycles. The van der Waals surface area contributed by atoms with Crippen molar-refractivity contribution in [1.82, 2.24) is 4.90 Å². The number of carboxylic acid groups (broad SMARTS) is 1. The van der Waals surface area contributed by atoms with Gasteiger partial charge in [0.2, 0.25) is 5.91 Å². The summed E-state index contributed by atoms with van der Waals surface area (Å²) in [6.07, 6.45) is 2.50. The second kappa shape index (κ2) is 7.29. The van der Waals surface area contributed by atoms with E-state index < -0.39 is 17.9 Å². The van der Waals surface area contributed by atoms with Gasteiger partial charge in [-0.25, -0.2) is 0 Å². The molecule has 0 aliphatic carbocycles. The second-order valence-electron chi connectivity index (χ2n) is 5.61. The van der Waals surface area contributed by atoms with Crippen LogP contribution in [0.2, 0.25) is 0 Å². The van der Waals surface area contributed by atoms with E-state index in [0.717, 1.165) is 18.4 Å². The zero-order valence-electron chi connectivity index (χ0n) is 13.1. The topological polar surface area (TPSA) is 66.8 Å². The van der Waals surface area contributed by atoms with Crippen LogP contribution in [0.5, 0.6) is 5.75 Å². The predicted molar refractivity (Wildman–Crippen MR) is 82.7 cm³/mol. The zero-order chi connectivity index (χ0) is 16.1. The third-order valence-corrected chi connectivity index (χ3v) is 4.23. The van der Waals surface area contributed by atoms with Crippen LogP contribution < -0.4 is 4.74 Å². The quantitative estimate of drug-likeness (QED) is 0.877. The maximum absolute atomic E-state index is 12.3. The summed E-state index contributed by atoms with van der Waals surface area (Å²) >= 11 is 0. The van der Waals surface area contributed by atoms with E-state index in [1.807, 2.05) is 24.3 Å². The molecule has 1 heterocycles. The smallest absolute Gasteiger partial charge is 0.308 e. The zero-order valence-corrected chi connectivity index (χ0v) is 13.1. The van der Waals surface area contributed by atoms with Crippen molar-refractivity contribution in [3.63, 3.8) is 0 Å². The predicted octanol–water partition coefficient (Wildman–Crippen LogP) is 2.86. The molecule has 22 heavy (non-hydrogen) atoms. The molecule has 1 aromatic rings. The van der Waals surface area contributed by atoms with E-state index in [1.54, 1.807) is 12.0 Å². The summed E-state index contributed by atoms with van der Waals surface area (Å²) in [5.74, 6) is -0.785. The average molecular weight is 305 g/mol. The molecule has 1 aliphatic rings. The van der Waals surface area contributed by atoms with Crippen molar-refractivity contribution in [3.05, 3.63) is 29.8 Å². The number of carbonyl (C=O) groups excluding carboxylic acids is 1. The van der Waals surface area contributed by atoms with Crippen LogP contribution in [-0.2, 0) is 9.59 Å². The minimum atomic E-state index is -0.857. The first-order valence-corrected chi connectivity index (χ1v) is 7.75. The van der Waals surface area contributed by atoms with Gasteiger partial charge in [-0.1, -0.05) is 31.5 Å². The summed E-state index contributed by atoms with van der Waals surface area (Å²) < 4.78 is 5.38. The van der Waals surface area contributed by atoms with Gasteiger partial charge in [0.15, 0.2) is 0 Å². The van der Waals surface area contributed by atoms with Crippen molar-refractivity contribution in [3.8, 4) is 5.75 Å². The van der Waals surface area contributed by atoms with Crippen LogP contribution in [0.15, 0.2) is 24.3 Å².